The van der Waals surface area contributed by atoms with Gasteiger partial charge in [0, 0.05) is 19.6 Å². The smallest absolute Gasteiger partial charge is 0.0998 e. The zero-order valence-electron chi connectivity index (χ0n) is 15.8. The Labute approximate surface area is 152 Å². The van der Waals surface area contributed by atoms with Crippen molar-refractivity contribution in [2.24, 2.45) is 0 Å². The van der Waals surface area contributed by atoms with Crippen LogP contribution in [-0.2, 0) is 6.54 Å². The molecule has 1 aliphatic rings. The minimum absolute atomic E-state index is 0.720. The molecular formula is C22H29N3. The third-order valence-electron chi connectivity index (χ3n) is 4.55. The topological polar surface area (TPSA) is 30.3 Å². The molecule has 0 atom stereocenters. The fourth-order valence-electron chi connectivity index (χ4n) is 3.07. The average Bonchev–Trinajstić information content (AvgIpc) is 2.80. The molecule has 3 nitrogen and oxygen atoms in total. The minimum Gasteiger partial charge on any atom is -0.305 e. The van der Waals surface area contributed by atoms with Crippen LogP contribution in [-0.4, -0.2) is 43.0 Å². The predicted octanol–water partition coefficient (Wildman–Crippen LogP) is 4.23. The van der Waals surface area contributed by atoms with Gasteiger partial charge in [0.1, 0.15) is 0 Å². The van der Waals surface area contributed by atoms with E-state index in [4.69, 9.17) is 0 Å². The average molecular weight is 335 g/mol. The van der Waals surface area contributed by atoms with Crippen LogP contribution < -0.4 is 0 Å². The van der Waals surface area contributed by atoms with E-state index in [1.165, 1.54) is 17.6 Å². The SMILES string of the molecule is C=CC(=CC=C(C)C)c1ccc(CN2CCCN(C)CC2)cc1C#N. The van der Waals surface area contributed by atoms with Crippen molar-refractivity contribution in [1.82, 2.24) is 9.80 Å². The van der Waals surface area contributed by atoms with Crippen molar-refractivity contribution in [2.45, 2.75) is 26.8 Å². The molecule has 0 radical (unpaired) electrons. The van der Waals surface area contributed by atoms with Gasteiger partial charge in [-0.1, -0.05) is 42.5 Å². The summed E-state index contributed by atoms with van der Waals surface area (Å²) in [4.78, 5) is 4.86. The molecule has 3 heteroatoms. The molecule has 0 bridgehead atoms. The number of hydrogen-bond donors (Lipinski definition) is 0. The first-order valence-corrected chi connectivity index (χ1v) is 8.95. The van der Waals surface area contributed by atoms with Crippen LogP contribution in [0, 0.1) is 11.3 Å². The lowest BCUT2D eigenvalue weighted by Crippen LogP contribution is -2.28. The standard InChI is InChI=1S/C22H29N3/c1-5-20(9-7-18(2)3)22-10-8-19(15-21(22)16-23)17-25-12-6-11-24(4)13-14-25/h5,7-10,15H,1,6,11-14,17H2,2-4H3. The summed E-state index contributed by atoms with van der Waals surface area (Å²) in [5.74, 6) is 0. The maximum absolute atomic E-state index is 9.60. The first-order chi connectivity index (χ1) is 12.0. The van der Waals surface area contributed by atoms with Crippen molar-refractivity contribution in [2.75, 3.05) is 33.2 Å². The van der Waals surface area contributed by atoms with Crippen LogP contribution in [0.25, 0.3) is 5.57 Å². The Morgan fingerprint density at radius 2 is 2.00 bits per heavy atom. The summed E-state index contributed by atoms with van der Waals surface area (Å²) < 4.78 is 0. The molecule has 0 saturated carbocycles. The summed E-state index contributed by atoms with van der Waals surface area (Å²) in [6, 6.07) is 8.59. The number of allylic oxidation sites excluding steroid dienone is 5. The second-order valence-corrected chi connectivity index (χ2v) is 6.99. The molecule has 1 aliphatic heterocycles. The van der Waals surface area contributed by atoms with E-state index < -0.39 is 0 Å². The van der Waals surface area contributed by atoms with Crippen LogP contribution in [0.5, 0.6) is 0 Å². The van der Waals surface area contributed by atoms with Crippen LogP contribution in [0.1, 0.15) is 37.0 Å². The highest BCUT2D eigenvalue weighted by molar-refractivity contribution is 5.78. The minimum atomic E-state index is 0.720. The Bertz CT molecular complexity index is 702. The lowest BCUT2D eigenvalue weighted by Gasteiger charge is -2.20. The van der Waals surface area contributed by atoms with E-state index >= 15 is 0 Å². The number of hydrogen-bond acceptors (Lipinski definition) is 3. The molecule has 1 heterocycles. The first kappa shape index (κ1) is 19.2. The zero-order valence-corrected chi connectivity index (χ0v) is 15.8. The molecule has 1 fully saturated rings. The lowest BCUT2D eigenvalue weighted by atomic mass is 9.97. The van der Waals surface area contributed by atoms with Gasteiger partial charge < -0.3 is 4.90 Å². The molecule has 0 unspecified atom stereocenters. The molecule has 1 aromatic carbocycles. The third kappa shape index (κ3) is 5.70. The summed E-state index contributed by atoms with van der Waals surface area (Å²) in [6.45, 7) is 13.4. The van der Waals surface area contributed by atoms with E-state index in [-0.39, 0.29) is 0 Å². The summed E-state index contributed by atoms with van der Waals surface area (Å²) in [6.07, 6.45) is 7.11. The molecule has 0 aromatic heterocycles. The molecule has 1 saturated heterocycles. The van der Waals surface area contributed by atoms with Crippen LogP contribution in [0.15, 0.2) is 48.6 Å². The van der Waals surface area contributed by atoms with E-state index in [1.54, 1.807) is 0 Å². The molecule has 132 valence electrons. The van der Waals surface area contributed by atoms with E-state index in [0.29, 0.717) is 0 Å². The predicted molar refractivity (Wildman–Crippen MR) is 106 cm³/mol. The van der Waals surface area contributed by atoms with E-state index in [2.05, 4.69) is 61.6 Å². The Morgan fingerprint density at radius 3 is 2.68 bits per heavy atom. The maximum Gasteiger partial charge on any atom is 0.0998 e. The fraction of sp³-hybridized carbons (Fsp3) is 0.409. The Balaban J connectivity index is 2.21. The van der Waals surface area contributed by atoms with Gasteiger partial charge in [-0.3, -0.25) is 4.90 Å². The molecule has 2 rings (SSSR count). The summed E-state index contributed by atoms with van der Waals surface area (Å²) in [7, 11) is 2.18. The summed E-state index contributed by atoms with van der Waals surface area (Å²) in [5.41, 5.74) is 5.09. The van der Waals surface area contributed by atoms with E-state index in [1.807, 2.05) is 18.2 Å². The van der Waals surface area contributed by atoms with Crippen molar-refractivity contribution < 1.29 is 0 Å². The number of benzene rings is 1. The zero-order chi connectivity index (χ0) is 18.2. The van der Waals surface area contributed by atoms with E-state index in [0.717, 1.165) is 49.4 Å². The Kier molecular flexibility index (Phi) is 7.18. The fourth-order valence-corrected chi connectivity index (χ4v) is 3.07. The second kappa shape index (κ2) is 9.36. The molecule has 0 spiro atoms. The van der Waals surface area contributed by atoms with Gasteiger partial charge in [0.25, 0.3) is 0 Å². The van der Waals surface area contributed by atoms with Gasteiger partial charge in [0.05, 0.1) is 11.6 Å². The van der Waals surface area contributed by atoms with Gasteiger partial charge in [0.15, 0.2) is 0 Å². The monoisotopic (exact) mass is 335 g/mol. The number of rotatable bonds is 5. The molecular weight excluding hydrogens is 306 g/mol. The van der Waals surface area contributed by atoms with Crippen molar-refractivity contribution in [3.63, 3.8) is 0 Å². The second-order valence-electron chi connectivity index (χ2n) is 6.99. The highest BCUT2D eigenvalue weighted by Gasteiger charge is 2.13. The maximum atomic E-state index is 9.60. The Morgan fingerprint density at radius 1 is 1.20 bits per heavy atom. The van der Waals surface area contributed by atoms with Crippen LogP contribution in [0.2, 0.25) is 0 Å². The normalized spacial score (nSPS) is 16.8. The van der Waals surface area contributed by atoms with Gasteiger partial charge in [0.2, 0.25) is 0 Å². The van der Waals surface area contributed by atoms with Crippen molar-refractivity contribution >= 4 is 5.57 Å². The number of nitriles is 1. The van der Waals surface area contributed by atoms with Gasteiger partial charge in [-0.25, -0.2) is 0 Å². The summed E-state index contributed by atoms with van der Waals surface area (Å²) in [5, 5.41) is 9.60. The highest BCUT2D eigenvalue weighted by atomic mass is 15.2. The van der Waals surface area contributed by atoms with Gasteiger partial charge in [-0.05, 0) is 63.2 Å². The lowest BCUT2D eigenvalue weighted by molar-refractivity contribution is 0.269. The molecule has 25 heavy (non-hydrogen) atoms. The first-order valence-electron chi connectivity index (χ1n) is 8.95. The molecule has 0 N–H and O–H groups in total. The van der Waals surface area contributed by atoms with Crippen LogP contribution in [0.4, 0.5) is 0 Å². The summed E-state index contributed by atoms with van der Waals surface area (Å²) >= 11 is 0. The molecule has 0 aliphatic carbocycles. The van der Waals surface area contributed by atoms with Crippen molar-refractivity contribution in [3.8, 4) is 6.07 Å². The largest absolute Gasteiger partial charge is 0.305 e. The van der Waals surface area contributed by atoms with E-state index in [9.17, 15) is 5.26 Å². The van der Waals surface area contributed by atoms with Crippen LogP contribution in [0.3, 0.4) is 0 Å². The molecule has 0 amide bonds. The van der Waals surface area contributed by atoms with Crippen LogP contribution >= 0.6 is 0 Å². The van der Waals surface area contributed by atoms with Gasteiger partial charge in [-0.2, -0.15) is 5.26 Å². The quantitative estimate of drug-likeness (QED) is 0.754. The van der Waals surface area contributed by atoms with Crippen molar-refractivity contribution in [3.05, 3.63) is 65.3 Å². The van der Waals surface area contributed by atoms with Gasteiger partial charge in [-0.15, -0.1) is 0 Å². The van der Waals surface area contributed by atoms with Gasteiger partial charge >= 0.3 is 0 Å². The van der Waals surface area contributed by atoms with Crippen molar-refractivity contribution in [1.29, 1.82) is 5.26 Å². The third-order valence-corrected chi connectivity index (χ3v) is 4.55. The highest BCUT2D eigenvalue weighted by Crippen LogP contribution is 2.22. The number of likely N-dealkylation sites (N-methyl/N-ethyl adjacent to an activating group) is 1. The molecule has 1 aromatic rings. The number of nitrogens with zero attached hydrogens (tertiary/aromatic N) is 3. The Hall–Kier alpha value is -2.15.